The van der Waals surface area contributed by atoms with Gasteiger partial charge in [-0.2, -0.15) is 0 Å². The third-order valence-electron chi connectivity index (χ3n) is 7.23. The first-order valence-electron chi connectivity index (χ1n) is 13.6. The molecule has 0 N–H and O–H groups in total. The van der Waals surface area contributed by atoms with E-state index in [1.54, 1.807) is 0 Å². The van der Waals surface area contributed by atoms with Crippen LogP contribution in [0.5, 0.6) is 0 Å². The Hall–Kier alpha value is -0.820. The van der Waals surface area contributed by atoms with Crippen molar-refractivity contribution in [3.63, 3.8) is 0 Å². The van der Waals surface area contributed by atoms with Crippen LogP contribution in [-0.4, -0.2) is 19.6 Å². The van der Waals surface area contributed by atoms with E-state index in [0.29, 0.717) is 0 Å². The molecule has 1 aromatic rings. The van der Waals surface area contributed by atoms with E-state index < -0.39 is 0 Å². The molecular weight excluding hydrogens is 362 g/mol. The average molecular weight is 417 g/mol. The minimum atomic E-state index is 1.15. The molecule has 30 heavy (non-hydrogen) atoms. The SMILES string of the molecule is CCCCCCCCCCCCCCCCCC[N+](CC)(CC)c1ccc(C)cc1. The van der Waals surface area contributed by atoms with Gasteiger partial charge < -0.3 is 0 Å². The Morgan fingerprint density at radius 2 is 0.867 bits per heavy atom. The summed E-state index contributed by atoms with van der Waals surface area (Å²) < 4.78 is 1.15. The number of unbranched alkanes of at least 4 members (excludes halogenated alkanes) is 15. The van der Waals surface area contributed by atoms with Crippen LogP contribution in [0.3, 0.4) is 0 Å². The van der Waals surface area contributed by atoms with Gasteiger partial charge in [0, 0.05) is 0 Å². The molecule has 0 fully saturated rings. The summed E-state index contributed by atoms with van der Waals surface area (Å²) in [7, 11) is 0. The molecular formula is C29H54N+. The van der Waals surface area contributed by atoms with Gasteiger partial charge in [0.05, 0.1) is 19.6 Å². The Bertz CT molecular complexity index is 486. The van der Waals surface area contributed by atoms with Crippen molar-refractivity contribution in [2.24, 2.45) is 0 Å². The molecule has 0 aliphatic rings. The van der Waals surface area contributed by atoms with Gasteiger partial charge >= 0.3 is 0 Å². The maximum absolute atomic E-state index is 2.36. The second-order valence-electron chi connectivity index (χ2n) is 9.64. The van der Waals surface area contributed by atoms with Crippen LogP contribution < -0.4 is 4.48 Å². The number of hydrogen-bond donors (Lipinski definition) is 0. The van der Waals surface area contributed by atoms with Gasteiger partial charge in [0.15, 0.2) is 0 Å². The van der Waals surface area contributed by atoms with E-state index in [1.165, 1.54) is 134 Å². The van der Waals surface area contributed by atoms with Crippen molar-refractivity contribution in [2.75, 3.05) is 19.6 Å². The smallest absolute Gasteiger partial charge is 0.132 e. The maximum Gasteiger partial charge on any atom is 0.132 e. The largest absolute Gasteiger partial charge is 0.292 e. The van der Waals surface area contributed by atoms with Crippen LogP contribution >= 0.6 is 0 Å². The summed E-state index contributed by atoms with van der Waals surface area (Å²) in [5, 5.41) is 0. The lowest BCUT2D eigenvalue weighted by molar-refractivity contribution is 0.291. The normalized spacial score (nSPS) is 11.9. The minimum Gasteiger partial charge on any atom is -0.292 e. The molecule has 0 aliphatic heterocycles. The zero-order valence-electron chi connectivity index (χ0n) is 21.2. The quantitative estimate of drug-likeness (QED) is 0.146. The molecule has 1 aromatic carbocycles. The fraction of sp³-hybridized carbons (Fsp3) is 0.793. The predicted molar refractivity (Wildman–Crippen MR) is 138 cm³/mol. The summed E-state index contributed by atoms with van der Waals surface area (Å²) in [6.45, 7) is 12.9. The summed E-state index contributed by atoms with van der Waals surface area (Å²) in [6.07, 6.45) is 23.1. The zero-order valence-corrected chi connectivity index (χ0v) is 21.2. The van der Waals surface area contributed by atoms with Gasteiger partial charge in [-0.3, -0.25) is 4.48 Å². The van der Waals surface area contributed by atoms with E-state index in [2.05, 4.69) is 52.0 Å². The number of aryl methyl sites for hydroxylation is 1. The third kappa shape index (κ3) is 11.5. The van der Waals surface area contributed by atoms with Crippen LogP contribution in [0.4, 0.5) is 5.69 Å². The van der Waals surface area contributed by atoms with E-state index in [4.69, 9.17) is 0 Å². The summed E-state index contributed by atoms with van der Waals surface area (Å²) in [6, 6.07) is 9.27. The van der Waals surface area contributed by atoms with Crippen LogP contribution in [0.2, 0.25) is 0 Å². The molecule has 0 aliphatic carbocycles. The van der Waals surface area contributed by atoms with Crippen molar-refractivity contribution in [1.82, 2.24) is 4.48 Å². The number of hydrogen-bond acceptors (Lipinski definition) is 0. The molecule has 0 aromatic heterocycles. The lowest BCUT2D eigenvalue weighted by Gasteiger charge is -2.36. The van der Waals surface area contributed by atoms with Gasteiger partial charge in [-0.25, -0.2) is 0 Å². The summed E-state index contributed by atoms with van der Waals surface area (Å²) in [5.41, 5.74) is 2.87. The van der Waals surface area contributed by atoms with Crippen molar-refractivity contribution < 1.29 is 0 Å². The van der Waals surface area contributed by atoms with Gasteiger partial charge in [0.25, 0.3) is 0 Å². The van der Waals surface area contributed by atoms with Crippen molar-refractivity contribution in [3.05, 3.63) is 29.8 Å². The fourth-order valence-electron chi connectivity index (χ4n) is 4.86. The van der Waals surface area contributed by atoms with Crippen LogP contribution in [-0.2, 0) is 0 Å². The highest BCUT2D eigenvalue weighted by Crippen LogP contribution is 2.25. The molecule has 1 rings (SSSR count). The Balaban J connectivity index is 2.00. The van der Waals surface area contributed by atoms with Gasteiger partial charge in [-0.1, -0.05) is 115 Å². The van der Waals surface area contributed by atoms with Crippen LogP contribution in [0, 0.1) is 6.92 Å². The number of nitrogens with zero attached hydrogens (tertiary/aromatic N) is 1. The van der Waals surface area contributed by atoms with Gasteiger partial charge in [0.1, 0.15) is 5.69 Å². The zero-order chi connectivity index (χ0) is 21.9. The minimum absolute atomic E-state index is 1.15. The highest BCUT2D eigenvalue weighted by atomic mass is 15.3. The fourth-order valence-corrected chi connectivity index (χ4v) is 4.86. The molecule has 0 saturated carbocycles. The molecule has 0 saturated heterocycles. The van der Waals surface area contributed by atoms with Crippen LogP contribution in [0.1, 0.15) is 129 Å². The van der Waals surface area contributed by atoms with Gasteiger partial charge in [-0.05, 0) is 45.7 Å². The lowest BCUT2D eigenvalue weighted by atomic mass is 10.0. The van der Waals surface area contributed by atoms with Crippen LogP contribution in [0.25, 0.3) is 0 Å². The highest BCUT2D eigenvalue weighted by Gasteiger charge is 2.25. The topological polar surface area (TPSA) is 0 Å². The number of benzene rings is 1. The molecule has 0 amide bonds. The van der Waals surface area contributed by atoms with E-state index in [-0.39, 0.29) is 0 Å². The first-order valence-corrected chi connectivity index (χ1v) is 13.6. The van der Waals surface area contributed by atoms with E-state index in [0.717, 1.165) is 4.48 Å². The standard InChI is InChI=1S/C29H54N/c1-5-8-9-10-11-12-13-14-15-16-17-18-19-20-21-22-27-30(6-2,7-3)29-25-23-28(4)24-26-29/h23-26H,5-22,27H2,1-4H3/q+1. The molecule has 1 nitrogen and oxygen atoms in total. The molecule has 0 atom stereocenters. The summed E-state index contributed by atoms with van der Waals surface area (Å²) in [5.74, 6) is 0. The molecule has 0 bridgehead atoms. The molecule has 0 heterocycles. The van der Waals surface area contributed by atoms with Gasteiger partial charge in [0.2, 0.25) is 0 Å². The first-order chi connectivity index (χ1) is 14.7. The van der Waals surface area contributed by atoms with E-state index >= 15 is 0 Å². The molecule has 174 valence electrons. The second-order valence-corrected chi connectivity index (χ2v) is 9.64. The monoisotopic (exact) mass is 416 g/mol. The molecule has 0 radical (unpaired) electrons. The van der Waals surface area contributed by atoms with Crippen molar-refractivity contribution in [2.45, 2.75) is 130 Å². The Labute approximate surface area is 190 Å². The Kier molecular flexibility index (Phi) is 16.2. The van der Waals surface area contributed by atoms with E-state index in [9.17, 15) is 0 Å². The lowest BCUT2D eigenvalue weighted by Crippen LogP contribution is -2.49. The maximum atomic E-state index is 2.36. The summed E-state index contributed by atoms with van der Waals surface area (Å²) >= 11 is 0. The molecule has 0 spiro atoms. The Morgan fingerprint density at radius 1 is 0.500 bits per heavy atom. The van der Waals surface area contributed by atoms with Gasteiger partial charge in [-0.15, -0.1) is 0 Å². The predicted octanol–water partition coefficient (Wildman–Crippen LogP) is 9.60. The first kappa shape index (κ1) is 27.2. The number of rotatable bonds is 20. The van der Waals surface area contributed by atoms with Crippen molar-refractivity contribution in [1.29, 1.82) is 0 Å². The average Bonchev–Trinajstić information content (AvgIpc) is 2.77. The Morgan fingerprint density at radius 3 is 1.23 bits per heavy atom. The number of quaternary nitrogens is 1. The van der Waals surface area contributed by atoms with Crippen LogP contribution in [0.15, 0.2) is 24.3 Å². The molecule has 0 unspecified atom stereocenters. The highest BCUT2D eigenvalue weighted by molar-refractivity contribution is 5.44. The molecule has 1 heteroatoms. The van der Waals surface area contributed by atoms with Crippen molar-refractivity contribution in [3.8, 4) is 0 Å². The van der Waals surface area contributed by atoms with Crippen molar-refractivity contribution >= 4 is 5.69 Å². The van der Waals surface area contributed by atoms with E-state index in [1.807, 2.05) is 0 Å². The summed E-state index contributed by atoms with van der Waals surface area (Å²) in [4.78, 5) is 0. The second kappa shape index (κ2) is 17.8. The third-order valence-corrected chi connectivity index (χ3v) is 7.23.